The lowest BCUT2D eigenvalue weighted by Gasteiger charge is -2.13. The van der Waals surface area contributed by atoms with Gasteiger partial charge >= 0.3 is 5.97 Å². The summed E-state index contributed by atoms with van der Waals surface area (Å²) >= 11 is 6.10. The number of carbonyl (C=O) groups is 2. The van der Waals surface area contributed by atoms with Gasteiger partial charge in [0.15, 0.2) is 0 Å². The van der Waals surface area contributed by atoms with Crippen molar-refractivity contribution >= 4 is 29.2 Å². The molecule has 0 bridgehead atoms. The topological polar surface area (TPSA) is 84.2 Å². The normalized spacial score (nSPS) is 12.0. The van der Waals surface area contributed by atoms with Gasteiger partial charge in [-0.1, -0.05) is 18.5 Å². The number of hydrogen-bond donors (Lipinski definition) is 2. The van der Waals surface area contributed by atoms with Gasteiger partial charge in [-0.2, -0.15) is 5.10 Å². The van der Waals surface area contributed by atoms with Crippen molar-refractivity contribution in [1.82, 2.24) is 9.78 Å². The Morgan fingerprint density at radius 3 is 2.39 bits per heavy atom. The maximum Gasteiger partial charge on any atom is 0.335 e. The summed E-state index contributed by atoms with van der Waals surface area (Å²) in [6, 6.07) is 6.02. The lowest BCUT2D eigenvalue weighted by atomic mass is 10.1. The molecule has 0 radical (unpaired) electrons. The Morgan fingerprint density at radius 2 is 1.91 bits per heavy atom. The van der Waals surface area contributed by atoms with Crippen LogP contribution in [0, 0.1) is 19.8 Å². The van der Waals surface area contributed by atoms with E-state index in [4.69, 9.17) is 16.7 Å². The number of aryl methyl sites for hydroxylation is 1. The highest BCUT2D eigenvalue weighted by molar-refractivity contribution is 6.31. The Bertz CT molecular complexity index is 738. The first-order chi connectivity index (χ1) is 10.8. The van der Waals surface area contributed by atoms with E-state index in [-0.39, 0.29) is 17.4 Å². The monoisotopic (exact) mass is 335 g/mol. The summed E-state index contributed by atoms with van der Waals surface area (Å²) in [4.78, 5) is 23.0. The highest BCUT2D eigenvalue weighted by atomic mass is 35.5. The number of benzene rings is 1. The van der Waals surface area contributed by atoms with Gasteiger partial charge in [0.25, 0.3) is 0 Å². The fraction of sp³-hybridized carbons (Fsp3) is 0.312. The van der Waals surface area contributed by atoms with E-state index in [0.29, 0.717) is 17.3 Å². The van der Waals surface area contributed by atoms with Crippen LogP contribution < -0.4 is 5.32 Å². The highest BCUT2D eigenvalue weighted by Gasteiger charge is 2.17. The molecular weight excluding hydrogens is 318 g/mol. The van der Waals surface area contributed by atoms with Gasteiger partial charge in [-0.3, -0.25) is 9.48 Å². The summed E-state index contributed by atoms with van der Waals surface area (Å²) in [7, 11) is 0. The van der Waals surface area contributed by atoms with Crippen molar-refractivity contribution in [2.24, 2.45) is 5.92 Å². The van der Waals surface area contributed by atoms with Crippen LogP contribution in [-0.4, -0.2) is 26.8 Å². The summed E-state index contributed by atoms with van der Waals surface area (Å²) in [5, 5.41) is 16.5. The number of halogens is 1. The van der Waals surface area contributed by atoms with Crippen LogP contribution in [0.25, 0.3) is 0 Å². The van der Waals surface area contributed by atoms with Crippen molar-refractivity contribution in [2.45, 2.75) is 27.3 Å². The molecule has 0 aliphatic heterocycles. The zero-order valence-corrected chi connectivity index (χ0v) is 13.9. The summed E-state index contributed by atoms with van der Waals surface area (Å²) in [5.41, 5.74) is 2.29. The van der Waals surface area contributed by atoms with Crippen LogP contribution in [0.5, 0.6) is 0 Å². The van der Waals surface area contributed by atoms with E-state index in [1.165, 1.54) is 12.1 Å². The minimum Gasteiger partial charge on any atom is -0.478 e. The van der Waals surface area contributed by atoms with Crippen molar-refractivity contribution in [2.75, 3.05) is 5.32 Å². The summed E-state index contributed by atoms with van der Waals surface area (Å²) in [6.45, 7) is 5.89. The first kappa shape index (κ1) is 17.0. The fourth-order valence-electron chi connectivity index (χ4n) is 2.16. The maximum atomic E-state index is 12.2. The number of anilines is 1. The molecule has 0 saturated heterocycles. The Kier molecular flexibility index (Phi) is 5.05. The molecule has 6 nitrogen and oxygen atoms in total. The molecule has 0 aliphatic carbocycles. The maximum absolute atomic E-state index is 12.2. The van der Waals surface area contributed by atoms with E-state index >= 15 is 0 Å². The second kappa shape index (κ2) is 6.83. The van der Waals surface area contributed by atoms with Crippen LogP contribution >= 0.6 is 11.6 Å². The van der Waals surface area contributed by atoms with Crippen LogP contribution in [0.3, 0.4) is 0 Å². The van der Waals surface area contributed by atoms with Crippen LogP contribution in [-0.2, 0) is 11.3 Å². The molecule has 7 heteroatoms. The largest absolute Gasteiger partial charge is 0.478 e. The van der Waals surface area contributed by atoms with E-state index in [1.807, 2.05) is 13.8 Å². The van der Waals surface area contributed by atoms with Crippen molar-refractivity contribution in [3.05, 3.63) is 46.2 Å². The average Bonchev–Trinajstić information content (AvgIpc) is 2.75. The number of aromatic carboxylic acids is 1. The number of nitrogens with one attached hydrogen (secondary N) is 1. The van der Waals surface area contributed by atoms with Gasteiger partial charge in [0, 0.05) is 5.69 Å². The summed E-state index contributed by atoms with van der Waals surface area (Å²) in [6.07, 6.45) is 0. The molecule has 2 rings (SSSR count). The standard InChI is InChI=1S/C16H18ClN3O3/c1-9(8-20-11(3)14(17)10(2)19-20)15(21)18-13-6-4-12(5-7-13)16(22)23/h4-7,9H,8H2,1-3H3,(H,18,21)(H,22,23). The van der Waals surface area contributed by atoms with Gasteiger partial charge in [0.05, 0.1) is 34.4 Å². The quantitative estimate of drug-likeness (QED) is 0.879. The van der Waals surface area contributed by atoms with Crippen molar-refractivity contribution < 1.29 is 14.7 Å². The molecule has 1 amide bonds. The lowest BCUT2D eigenvalue weighted by Crippen LogP contribution is -2.25. The van der Waals surface area contributed by atoms with Crippen LogP contribution in [0.4, 0.5) is 5.69 Å². The predicted octanol–water partition coefficient (Wildman–Crippen LogP) is 3.13. The highest BCUT2D eigenvalue weighted by Crippen LogP contribution is 2.20. The van der Waals surface area contributed by atoms with E-state index in [2.05, 4.69) is 10.4 Å². The van der Waals surface area contributed by atoms with Gasteiger partial charge in [-0.05, 0) is 38.1 Å². The number of nitrogens with zero attached hydrogens (tertiary/aromatic N) is 2. The molecular formula is C16H18ClN3O3. The molecule has 2 aromatic rings. The molecule has 1 aromatic carbocycles. The van der Waals surface area contributed by atoms with Gasteiger partial charge in [0.2, 0.25) is 5.91 Å². The van der Waals surface area contributed by atoms with E-state index in [9.17, 15) is 9.59 Å². The van der Waals surface area contributed by atoms with E-state index < -0.39 is 5.97 Å². The van der Waals surface area contributed by atoms with Gasteiger partial charge < -0.3 is 10.4 Å². The Morgan fingerprint density at radius 1 is 1.30 bits per heavy atom. The number of rotatable bonds is 5. The van der Waals surface area contributed by atoms with Crippen molar-refractivity contribution in [3.63, 3.8) is 0 Å². The van der Waals surface area contributed by atoms with E-state index in [1.54, 1.807) is 23.7 Å². The molecule has 1 heterocycles. The fourth-order valence-corrected chi connectivity index (χ4v) is 2.29. The Labute approximate surface area is 139 Å². The predicted molar refractivity (Wildman–Crippen MR) is 87.9 cm³/mol. The van der Waals surface area contributed by atoms with Crippen LogP contribution in [0.15, 0.2) is 24.3 Å². The summed E-state index contributed by atoms with van der Waals surface area (Å²) < 4.78 is 1.72. The minimum absolute atomic E-state index is 0.170. The SMILES string of the molecule is Cc1nn(CC(C)C(=O)Nc2ccc(C(=O)O)cc2)c(C)c1Cl. The number of hydrogen-bond acceptors (Lipinski definition) is 3. The molecule has 23 heavy (non-hydrogen) atoms. The number of carboxylic acids is 1. The minimum atomic E-state index is -1.00. The smallest absolute Gasteiger partial charge is 0.335 e. The Balaban J connectivity index is 2.02. The second-order valence-electron chi connectivity index (χ2n) is 5.44. The molecule has 1 unspecified atom stereocenters. The van der Waals surface area contributed by atoms with Gasteiger partial charge in [-0.15, -0.1) is 0 Å². The number of aromatic nitrogens is 2. The van der Waals surface area contributed by atoms with Gasteiger partial charge in [-0.25, -0.2) is 4.79 Å². The third-order valence-electron chi connectivity index (χ3n) is 3.59. The number of carboxylic acid groups (broad SMARTS) is 1. The first-order valence-corrected chi connectivity index (χ1v) is 7.51. The third-order valence-corrected chi connectivity index (χ3v) is 4.13. The first-order valence-electron chi connectivity index (χ1n) is 7.13. The van der Waals surface area contributed by atoms with Crippen molar-refractivity contribution in [1.29, 1.82) is 0 Å². The molecule has 2 N–H and O–H groups in total. The molecule has 0 saturated carbocycles. The summed E-state index contributed by atoms with van der Waals surface area (Å²) in [5.74, 6) is -1.49. The number of amides is 1. The molecule has 1 aromatic heterocycles. The van der Waals surface area contributed by atoms with Crippen LogP contribution in [0.1, 0.15) is 28.7 Å². The molecule has 122 valence electrons. The van der Waals surface area contributed by atoms with Crippen molar-refractivity contribution in [3.8, 4) is 0 Å². The van der Waals surface area contributed by atoms with Crippen LogP contribution in [0.2, 0.25) is 5.02 Å². The average molecular weight is 336 g/mol. The zero-order chi connectivity index (χ0) is 17.1. The Hall–Kier alpha value is -2.34. The van der Waals surface area contributed by atoms with E-state index in [0.717, 1.165) is 11.4 Å². The molecule has 1 atom stereocenters. The number of carbonyl (C=O) groups excluding carboxylic acids is 1. The lowest BCUT2D eigenvalue weighted by molar-refractivity contribution is -0.119. The molecule has 0 aliphatic rings. The second-order valence-corrected chi connectivity index (χ2v) is 5.82. The van der Waals surface area contributed by atoms with Gasteiger partial charge in [0.1, 0.15) is 0 Å². The molecule has 0 fully saturated rings. The third kappa shape index (κ3) is 3.90. The molecule has 0 spiro atoms. The zero-order valence-electron chi connectivity index (χ0n) is 13.1.